The number of rotatable bonds is 4. The molecule has 0 aromatic heterocycles. The second-order valence-electron chi connectivity index (χ2n) is 17.0. The highest BCUT2D eigenvalue weighted by atomic mass is 31.0. The molecule has 8 aliphatic heterocycles. The molecule has 0 amide bonds. The highest BCUT2D eigenvalue weighted by Gasteiger charge is 2.81. The Morgan fingerprint density at radius 2 is 0.881 bits per heavy atom. The van der Waals surface area contributed by atoms with Crippen molar-refractivity contribution in [3.63, 3.8) is 0 Å². The molecule has 8 aliphatic rings. The van der Waals surface area contributed by atoms with Gasteiger partial charge in [-0.15, -0.1) is 18.5 Å². The smallest absolute Gasteiger partial charge is 0.172 e. The molecule has 9 rings (SSSR count). The van der Waals surface area contributed by atoms with E-state index < -0.39 is 56.4 Å². The van der Waals surface area contributed by atoms with Crippen LogP contribution in [0.5, 0.6) is 0 Å². The van der Waals surface area contributed by atoms with Gasteiger partial charge in [0.05, 0.1) is 33.2 Å². The van der Waals surface area contributed by atoms with E-state index in [-0.39, 0.29) is 5.41 Å². The summed E-state index contributed by atoms with van der Waals surface area (Å²) in [4.78, 5) is 0. The molecule has 234 valence electrons. The fourth-order valence-electron chi connectivity index (χ4n) is 11.8. The predicted molar refractivity (Wildman–Crippen MR) is 170 cm³/mol. The maximum absolute atomic E-state index is 7.12. The SMILES string of the molecule is CC12CC3(C)OC(C)(CC(C)(O1)C3(CP)c1ccc(C(C)(C)C)cc1C1(CP)C3(C)CC4(C)OC(C)(CC1(C)O4)O3)O2. The zero-order valence-electron chi connectivity index (χ0n) is 27.6. The summed E-state index contributed by atoms with van der Waals surface area (Å²) in [5.74, 6) is -2.80. The highest BCUT2D eigenvalue weighted by molar-refractivity contribution is 7.16. The van der Waals surface area contributed by atoms with Crippen LogP contribution in [0.1, 0.15) is 119 Å². The van der Waals surface area contributed by atoms with Gasteiger partial charge < -0.3 is 28.4 Å². The molecule has 0 N–H and O–H groups in total. The minimum absolute atomic E-state index is 0.0420. The topological polar surface area (TPSA) is 55.4 Å². The standard InChI is InChI=1S/C34H52O6P2/c1-24(2,3)21-12-13-22(33(19-41)25(4)15-29(8)36-26(33,5)16-30(9,35-25)39-29)23(14-21)34(20-42)27(6)17-31(10)38-28(34,7)18-32(11,37-27)40-31/h12-14H,15-20,41-42H2,1-11H3. The first-order chi connectivity index (χ1) is 19.0. The molecule has 0 spiro atoms. The molecule has 0 aliphatic carbocycles. The molecule has 8 fully saturated rings. The van der Waals surface area contributed by atoms with Crippen LogP contribution in [0.2, 0.25) is 0 Å². The lowest BCUT2D eigenvalue weighted by atomic mass is 9.46. The molecular weight excluding hydrogens is 566 g/mol. The van der Waals surface area contributed by atoms with Gasteiger partial charge in [-0.1, -0.05) is 39.0 Å². The Morgan fingerprint density at radius 3 is 1.19 bits per heavy atom. The zero-order valence-corrected chi connectivity index (χ0v) is 29.9. The van der Waals surface area contributed by atoms with E-state index in [1.54, 1.807) is 0 Å². The van der Waals surface area contributed by atoms with E-state index in [0.29, 0.717) is 25.7 Å². The van der Waals surface area contributed by atoms with Crippen molar-refractivity contribution in [1.82, 2.24) is 0 Å². The van der Waals surface area contributed by atoms with E-state index in [2.05, 4.69) is 113 Å². The summed E-state index contributed by atoms with van der Waals surface area (Å²) >= 11 is 0. The van der Waals surface area contributed by atoms with Crippen LogP contribution in [0.15, 0.2) is 18.2 Å². The molecule has 0 radical (unpaired) electrons. The summed E-state index contributed by atoms with van der Waals surface area (Å²) in [6, 6.07) is 7.22. The monoisotopic (exact) mass is 618 g/mol. The molecule has 10 atom stereocenters. The van der Waals surface area contributed by atoms with Gasteiger partial charge in [0.15, 0.2) is 23.1 Å². The Bertz CT molecular complexity index is 1280. The maximum atomic E-state index is 7.12. The van der Waals surface area contributed by atoms with E-state index in [0.717, 1.165) is 12.3 Å². The van der Waals surface area contributed by atoms with Crippen molar-refractivity contribution < 1.29 is 28.4 Å². The van der Waals surface area contributed by atoms with Crippen molar-refractivity contribution in [3.8, 4) is 0 Å². The van der Waals surface area contributed by atoms with E-state index in [9.17, 15) is 0 Å². The molecule has 6 nitrogen and oxygen atoms in total. The molecule has 42 heavy (non-hydrogen) atoms. The minimum atomic E-state index is -0.703. The summed E-state index contributed by atoms with van der Waals surface area (Å²) in [5.41, 5.74) is 0.744. The molecule has 8 bridgehead atoms. The average molecular weight is 619 g/mol. The predicted octanol–water partition coefficient (Wildman–Crippen LogP) is 6.85. The van der Waals surface area contributed by atoms with Crippen LogP contribution in [0.4, 0.5) is 0 Å². The van der Waals surface area contributed by atoms with Gasteiger partial charge in [0.2, 0.25) is 0 Å². The largest absolute Gasteiger partial charge is 0.343 e. The second kappa shape index (κ2) is 8.03. The van der Waals surface area contributed by atoms with Gasteiger partial charge in [-0.05, 0) is 89.8 Å². The van der Waals surface area contributed by atoms with Gasteiger partial charge in [-0.25, -0.2) is 0 Å². The van der Waals surface area contributed by atoms with Crippen molar-refractivity contribution in [3.05, 3.63) is 34.9 Å². The Hall–Kier alpha value is -0.160. The first-order valence-electron chi connectivity index (χ1n) is 15.8. The molecule has 1 aromatic carbocycles. The Morgan fingerprint density at radius 1 is 0.548 bits per heavy atom. The van der Waals surface area contributed by atoms with Crippen LogP contribution in [-0.2, 0) is 44.7 Å². The van der Waals surface area contributed by atoms with Gasteiger partial charge in [0.25, 0.3) is 0 Å². The molecule has 10 unspecified atom stereocenters. The summed E-state index contributed by atoms with van der Waals surface area (Å²) in [7, 11) is 6.22. The fourth-order valence-corrected chi connectivity index (χ4v) is 14.0. The lowest BCUT2D eigenvalue weighted by Crippen LogP contribution is -2.85. The van der Waals surface area contributed by atoms with Gasteiger partial charge >= 0.3 is 0 Å². The summed E-state index contributed by atoms with van der Waals surface area (Å²) in [6.45, 7) is 24.5. The second-order valence-corrected chi connectivity index (χ2v) is 17.8. The van der Waals surface area contributed by atoms with Gasteiger partial charge in [0, 0.05) is 25.7 Å². The van der Waals surface area contributed by atoms with Crippen molar-refractivity contribution in [2.45, 2.75) is 164 Å². The van der Waals surface area contributed by atoms with Crippen LogP contribution in [0.25, 0.3) is 0 Å². The van der Waals surface area contributed by atoms with Crippen molar-refractivity contribution in [2.75, 3.05) is 12.3 Å². The maximum Gasteiger partial charge on any atom is 0.172 e. The quantitative estimate of drug-likeness (QED) is 0.344. The minimum Gasteiger partial charge on any atom is -0.343 e. The molecule has 8 heteroatoms. The highest BCUT2D eigenvalue weighted by Crippen LogP contribution is 2.72. The Kier molecular flexibility index (Phi) is 5.83. The third-order valence-corrected chi connectivity index (χ3v) is 13.5. The molecule has 0 saturated carbocycles. The third-order valence-electron chi connectivity index (χ3n) is 12.3. The number of benzene rings is 1. The molecule has 8 saturated heterocycles. The van der Waals surface area contributed by atoms with Crippen LogP contribution < -0.4 is 0 Å². The van der Waals surface area contributed by atoms with Crippen molar-refractivity contribution in [2.24, 2.45) is 0 Å². The third kappa shape index (κ3) is 3.41. The fraction of sp³-hybridized carbons (Fsp3) is 0.824. The Labute approximate surface area is 257 Å². The summed E-state index contributed by atoms with van der Waals surface area (Å²) in [6.07, 6.45) is 4.18. The first kappa shape index (κ1) is 30.5. The zero-order chi connectivity index (χ0) is 30.8. The van der Waals surface area contributed by atoms with E-state index in [1.807, 2.05) is 0 Å². The van der Waals surface area contributed by atoms with Crippen LogP contribution >= 0.6 is 18.5 Å². The normalized spacial score (nSPS) is 55.9. The molecular formula is C34H52O6P2. The van der Waals surface area contributed by atoms with Crippen molar-refractivity contribution in [1.29, 1.82) is 0 Å². The van der Waals surface area contributed by atoms with Gasteiger partial charge in [0.1, 0.15) is 0 Å². The van der Waals surface area contributed by atoms with Crippen LogP contribution in [-0.4, -0.2) is 57.9 Å². The lowest BCUT2D eigenvalue weighted by Gasteiger charge is -2.77. The van der Waals surface area contributed by atoms with E-state index >= 15 is 0 Å². The van der Waals surface area contributed by atoms with E-state index in [4.69, 9.17) is 28.4 Å². The van der Waals surface area contributed by atoms with E-state index in [1.165, 1.54) is 16.7 Å². The summed E-state index contributed by atoms with van der Waals surface area (Å²) in [5, 5.41) is 0. The molecule has 8 heterocycles. The average Bonchev–Trinajstić information content (AvgIpc) is 2.73. The van der Waals surface area contributed by atoms with Gasteiger partial charge in [-0.2, -0.15) is 0 Å². The first-order valence-corrected chi connectivity index (χ1v) is 17.4. The Balaban J connectivity index is 1.56. The number of hydrogen-bond acceptors (Lipinski definition) is 6. The van der Waals surface area contributed by atoms with Gasteiger partial charge in [-0.3, -0.25) is 0 Å². The van der Waals surface area contributed by atoms with Crippen molar-refractivity contribution >= 4 is 18.5 Å². The number of ether oxygens (including phenoxy) is 6. The summed E-state index contributed by atoms with van der Waals surface area (Å²) < 4.78 is 41.4. The van der Waals surface area contributed by atoms with Crippen LogP contribution in [0, 0.1) is 0 Å². The molecule has 1 aromatic rings. The van der Waals surface area contributed by atoms with Crippen LogP contribution in [0.3, 0.4) is 0 Å². The number of hydrogen-bond donors (Lipinski definition) is 0. The lowest BCUT2D eigenvalue weighted by molar-refractivity contribution is -0.534.